The summed E-state index contributed by atoms with van der Waals surface area (Å²) >= 11 is 0. The first-order valence-electron chi connectivity index (χ1n) is 4.74. The molecule has 0 saturated heterocycles. The van der Waals surface area contributed by atoms with Gasteiger partial charge < -0.3 is 9.72 Å². The van der Waals surface area contributed by atoms with Crippen molar-refractivity contribution in [1.29, 1.82) is 0 Å². The van der Waals surface area contributed by atoms with Gasteiger partial charge in [0, 0.05) is 0 Å². The molecule has 0 aliphatic rings. The van der Waals surface area contributed by atoms with Crippen LogP contribution in [0.1, 0.15) is 5.56 Å². The van der Waals surface area contributed by atoms with E-state index in [1.807, 2.05) is 30.3 Å². The molecule has 0 atom stereocenters. The van der Waals surface area contributed by atoms with Crippen molar-refractivity contribution in [3.05, 3.63) is 62.9 Å². The zero-order chi connectivity index (χ0) is 11.4. The summed E-state index contributed by atoms with van der Waals surface area (Å²) in [5.74, 6) is 0.100. The van der Waals surface area contributed by atoms with Crippen LogP contribution >= 0.6 is 0 Å². The van der Waals surface area contributed by atoms with Crippen molar-refractivity contribution >= 4 is 0 Å². The number of hydrogen-bond acceptors (Lipinski definition) is 3. The van der Waals surface area contributed by atoms with Gasteiger partial charge in [0.25, 0.3) is 5.56 Å². The van der Waals surface area contributed by atoms with Crippen LogP contribution in [0.5, 0.6) is 5.75 Å². The van der Waals surface area contributed by atoms with Crippen molar-refractivity contribution in [3.8, 4) is 5.75 Å². The lowest BCUT2D eigenvalue weighted by Crippen LogP contribution is -2.22. The summed E-state index contributed by atoms with van der Waals surface area (Å²) in [6.07, 6.45) is 1.25. The molecule has 0 unspecified atom stereocenters. The fraction of sp³-hybridized carbons (Fsp3) is 0.0909. The molecule has 1 aromatic carbocycles. The zero-order valence-electron chi connectivity index (χ0n) is 8.40. The topological polar surface area (TPSA) is 75.0 Å². The molecular formula is C11H10N2O3. The van der Waals surface area contributed by atoms with Crippen LogP contribution in [0.3, 0.4) is 0 Å². The first kappa shape index (κ1) is 10.2. The molecule has 1 aromatic heterocycles. The highest BCUT2D eigenvalue weighted by Gasteiger charge is 2.00. The van der Waals surface area contributed by atoms with E-state index in [0.717, 1.165) is 5.56 Å². The van der Waals surface area contributed by atoms with Gasteiger partial charge in [-0.1, -0.05) is 30.3 Å². The number of ether oxygens (including phenoxy) is 1. The number of hydrogen-bond donors (Lipinski definition) is 2. The molecule has 82 valence electrons. The molecule has 5 heteroatoms. The number of nitrogens with one attached hydrogen (secondary N) is 2. The van der Waals surface area contributed by atoms with Crippen molar-refractivity contribution in [3.63, 3.8) is 0 Å². The molecule has 2 N–H and O–H groups in total. The fourth-order valence-electron chi connectivity index (χ4n) is 1.24. The van der Waals surface area contributed by atoms with Gasteiger partial charge in [-0.2, -0.15) is 0 Å². The maximum absolute atomic E-state index is 11.3. The maximum atomic E-state index is 11.3. The number of aromatic nitrogens is 2. The summed E-state index contributed by atoms with van der Waals surface area (Å²) in [4.78, 5) is 26.4. The molecule has 5 nitrogen and oxygen atoms in total. The van der Waals surface area contributed by atoms with Gasteiger partial charge >= 0.3 is 5.69 Å². The number of rotatable bonds is 3. The standard InChI is InChI=1S/C11H10N2O3/c14-10-9(6-12-11(15)13-10)16-7-8-4-2-1-3-5-8/h1-6H,7H2,(H2,12,13,14,15). The Morgan fingerprint density at radius 1 is 1.12 bits per heavy atom. The number of benzene rings is 1. The Balaban J connectivity index is 2.11. The van der Waals surface area contributed by atoms with E-state index < -0.39 is 11.2 Å². The fourth-order valence-corrected chi connectivity index (χ4v) is 1.24. The van der Waals surface area contributed by atoms with E-state index in [1.165, 1.54) is 6.20 Å². The van der Waals surface area contributed by atoms with Crippen molar-refractivity contribution in [2.24, 2.45) is 0 Å². The van der Waals surface area contributed by atoms with Gasteiger partial charge in [-0.15, -0.1) is 0 Å². The van der Waals surface area contributed by atoms with Gasteiger partial charge in [-0.05, 0) is 5.56 Å². The van der Waals surface area contributed by atoms with E-state index in [9.17, 15) is 9.59 Å². The lowest BCUT2D eigenvalue weighted by Gasteiger charge is -2.03. The Labute approximate surface area is 90.7 Å². The van der Waals surface area contributed by atoms with Gasteiger partial charge in [-0.3, -0.25) is 9.78 Å². The van der Waals surface area contributed by atoms with Crippen LogP contribution < -0.4 is 16.0 Å². The largest absolute Gasteiger partial charge is 0.482 e. The summed E-state index contributed by atoms with van der Waals surface area (Å²) in [6.45, 7) is 0.288. The average molecular weight is 218 g/mol. The Hall–Kier alpha value is -2.30. The van der Waals surface area contributed by atoms with E-state index in [0.29, 0.717) is 0 Å². The lowest BCUT2D eigenvalue weighted by molar-refractivity contribution is 0.300. The first-order chi connectivity index (χ1) is 7.75. The molecule has 0 saturated carbocycles. The molecule has 0 bridgehead atoms. The zero-order valence-corrected chi connectivity index (χ0v) is 8.40. The molecule has 2 rings (SSSR count). The lowest BCUT2D eigenvalue weighted by atomic mass is 10.2. The van der Waals surface area contributed by atoms with Crippen LogP contribution in [0.25, 0.3) is 0 Å². The second-order valence-electron chi connectivity index (χ2n) is 3.21. The third kappa shape index (κ3) is 2.38. The Bertz CT molecular complexity index is 572. The Morgan fingerprint density at radius 3 is 2.56 bits per heavy atom. The highest BCUT2D eigenvalue weighted by molar-refractivity contribution is 5.16. The van der Waals surface area contributed by atoms with Crippen LogP contribution in [0.4, 0.5) is 0 Å². The van der Waals surface area contributed by atoms with E-state index in [2.05, 4.69) is 9.97 Å². The highest BCUT2D eigenvalue weighted by Crippen LogP contribution is 2.04. The molecule has 0 fully saturated rings. The van der Waals surface area contributed by atoms with Crippen molar-refractivity contribution < 1.29 is 4.74 Å². The van der Waals surface area contributed by atoms with Gasteiger partial charge in [-0.25, -0.2) is 4.79 Å². The molecule has 0 amide bonds. The highest BCUT2D eigenvalue weighted by atomic mass is 16.5. The van der Waals surface area contributed by atoms with Crippen LogP contribution in [0, 0.1) is 0 Å². The monoisotopic (exact) mass is 218 g/mol. The van der Waals surface area contributed by atoms with Gasteiger partial charge in [0.1, 0.15) is 6.61 Å². The van der Waals surface area contributed by atoms with Gasteiger partial charge in [0.15, 0.2) is 0 Å². The van der Waals surface area contributed by atoms with E-state index in [1.54, 1.807) is 0 Å². The molecule has 0 aliphatic heterocycles. The number of aromatic amines is 2. The van der Waals surface area contributed by atoms with Crippen molar-refractivity contribution in [1.82, 2.24) is 9.97 Å². The second kappa shape index (κ2) is 4.48. The van der Waals surface area contributed by atoms with Crippen LogP contribution in [-0.2, 0) is 6.61 Å². The van der Waals surface area contributed by atoms with Crippen LogP contribution in [-0.4, -0.2) is 9.97 Å². The van der Waals surface area contributed by atoms with Crippen LogP contribution in [0.2, 0.25) is 0 Å². The normalized spacial score (nSPS) is 10.0. The number of H-pyrrole nitrogens is 2. The molecule has 2 aromatic rings. The summed E-state index contributed by atoms with van der Waals surface area (Å²) in [5.41, 5.74) is -0.121. The molecule has 0 radical (unpaired) electrons. The Morgan fingerprint density at radius 2 is 1.88 bits per heavy atom. The first-order valence-corrected chi connectivity index (χ1v) is 4.74. The van der Waals surface area contributed by atoms with Crippen LogP contribution in [0.15, 0.2) is 46.1 Å². The van der Waals surface area contributed by atoms with E-state index in [4.69, 9.17) is 4.74 Å². The predicted octanol–water partition coefficient (Wildman–Crippen LogP) is 0.642. The average Bonchev–Trinajstić information content (AvgIpc) is 2.29. The van der Waals surface area contributed by atoms with Crippen molar-refractivity contribution in [2.75, 3.05) is 0 Å². The molecular weight excluding hydrogens is 208 g/mol. The Kier molecular flexibility index (Phi) is 2.86. The minimum Gasteiger partial charge on any atom is -0.482 e. The minimum absolute atomic E-state index is 0.100. The third-order valence-corrected chi connectivity index (χ3v) is 2.02. The predicted molar refractivity (Wildman–Crippen MR) is 58.5 cm³/mol. The smallest absolute Gasteiger partial charge is 0.325 e. The summed E-state index contributed by atoms with van der Waals surface area (Å²) in [6, 6.07) is 9.45. The van der Waals surface area contributed by atoms with E-state index in [-0.39, 0.29) is 12.4 Å². The molecule has 16 heavy (non-hydrogen) atoms. The quantitative estimate of drug-likeness (QED) is 0.793. The molecule has 0 spiro atoms. The summed E-state index contributed by atoms with van der Waals surface area (Å²) < 4.78 is 5.26. The molecule has 0 aliphatic carbocycles. The van der Waals surface area contributed by atoms with Crippen molar-refractivity contribution in [2.45, 2.75) is 6.61 Å². The van der Waals surface area contributed by atoms with E-state index >= 15 is 0 Å². The molecule has 1 heterocycles. The third-order valence-electron chi connectivity index (χ3n) is 2.02. The SMILES string of the molecule is O=c1[nH]cc(OCc2ccccc2)c(=O)[nH]1. The van der Waals surface area contributed by atoms with Gasteiger partial charge in [0.05, 0.1) is 6.20 Å². The minimum atomic E-state index is -0.544. The summed E-state index contributed by atoms with van der Waals surface area (Å²) in [5, 5.41) is 0. The second-order valence-corrected chi connectivity index (χ2v) is 3.21. The maximum Gasteiger partial charge on any atom is 0.325 e. The summed E-state index contributed by atoms with van der Waals surface area (Å²) in [7, 11) is 0. The van der Waals surface area contributed by atoms with Gasteiger partial charge in [0.2, 0.25) is 5.75 Å².